The van der Waals surface area contributed by atoms with Gasteiger partial charge in [-0.2, -0.15) is 0 Å². The van der Waals surface area contributed by atoms with Crippen LogP contribution < -0.4 is 5.32 Å². The molecule has 0 unspecified atom stereocenters. The summed E-state index contributed by atoms with van der Waals surface area (Å²) in [6.45, 7) is 10.9. The van der Waals surface area contributed by atoms with Crippen LogP contribution in [0.1, 0.15) is 0 Å². The summed E-state index contributed by atoms with van der Waals surface area (Å²) >= 11 is 0. The first-order valence-electron chi connectivity index (χ1n) is 12.7. The number of nitrogens with zero attached hydrogens (tertiary/aromatic N) is 2. The van der Waals surface area contributed by atoms with E-state index in [0.29, 0.717) is 52.9 Å². The summed E-state index contributed by atoms with van der Waals surface area (Å²) in [7, 11) is -10.7. The van der Waals surface area contributed by atoms with Gasteiger partial charge in [0.1, 0.15) is 0 Å². The molecule has 11 radical (unpaired) electrons. The SMILES string of the molecule is F[P-](F)(F)(F)(F)F.[CH]1[CH][CH][CH][CH]1.[CH]1[CH][C](N2CCOCCOCCOCCOCC2)[CH][CH][C]1N1CCNCC1.[Fe+2]. The van der Waals surface area contributed by atoms with Gasteiger partial charge in [-0.1, -0.05) is 0 Å². The average molecular weight is 645 g/mol. The molecule has 2 aliphatic heterocycles. The Bertz CT molecular complexity index is 604. The van der Waals surface area contributed by atoms with Gasteiger partial charge in [-0.3, -0.25) is 9.80 Å². The van der Waals surface area contributed by atoms with Gasteiger partial charge < -0.3 is 24.3 Å². The van der Waals surface area contributed by atoms with Gasteiger partial charge in [-0.05, 0) is 57.8 Å². The van der Waals surface area contributed by atoms with Crippen molar-refractivity contribution in [3.05, 3.63) is 69.9 Å². The van der Waals surface area contributed by atoms with E-state index in [1.807, 2.05) is 32.1 Å². The van der Waals surface area contributed by atoms with Gasteiger partial charge in [0.15, 0.2) is 0 Å². The van der Waals surface area contributed by atoms with Crippen molar-refractivity contribution in [1.29, 1.82) is 0 Å². The molecule has 0 atom stereocenters. The second kappa shape index (κ2) is 18.8. The summed E-state index contributed by atoms with van der Waals surface area (Å²) in [4.78, 5) is 4.75. The molecule has 7 nitrogen and oxygen atoms in total. The zero-order chi connectivity index (χ0) is 28.5. The summed E-state index contributed by atoms with van der Waals surface area (Å²) in [5.74, 6) is 0. The summed E-state index contributed by atoms with van der Waals surface area (Å²) in [5, 5.41) is 3.40. The molecule has 4 rings (SSSR count). The molecular formula is C25H38F6FeN3O4P+. The van der Waals surface area contributed by atoms with Crippen LogP contribution in [-0.4, -0.2) is 102 Å². The Labute approximate surface area is 246 Å². The van der Waals surface area contributed by atoms with Gasteiger partial charge in [0, 0.05) is 51.4 Å². The van der Waals surface area contributed by atoms with Crippen molar-refractivity contribution in [3.8, 4) is 0 Å². The quantitative estimate of drug-likeness (QED) is 0.269. The molecule has 0 aromatic rings. The Morgan fingerprint density at radius 2 is 0.775 bits per heavy atom. The van der Waals surface area contributed by atoms with Crippen molar-refractivity contribution in [2.75, 3.05) is 92.1 Å². The average Bonchev–Trinajstić information content (AvgIpc) is 3.46. The molecule has 0 amide bonds. The van der Waals surface area contributed by atoms with E-state index in [9.17, 15) is 25.2 Å². The van der Waals surface area contributed by atoms with Crippen molar-refractivity contribution >= 4 is 7.81 Å². The molecule has 0 bridgehead atoms. The molecule has 0 aromatic heterocycles. The van der Waals surface area contributed by atoms with Gasteiger partial charge in [-0.15, -0.1) is 0 Å². The molecule has 4 fully saturated rings. The summed E-state index contributed by atoms with van der Waals surface area (Å²) in [5.41, 5.74) is 0. The fourth-order valence-electron chi connectivity index (χ4n) is 3.60. The fourth-order valence-corrected chi connectivity index (χ4v) is 3.60. The van der Waals surface area contributed by atoms with Gasteiger partial charge in [0.05, 0.1) is 52.9 Å². The largest absolute Gasteiger partial charge is 2.00 e. The second-order valence-electron chi connectivity index (χ2n) is 8.61. The van der Waals surface area contributed by atoms with Crippen molar-refractivity contribution in [3.63, 3.8) is 0 Å². The van der Waals surface area contributed by atoms with Crippen LogP contribution in [0.4, 0.5) is 25.2 Å². The van der Waals surface area contributed by atoms with Gasteiger partial charge in [-0.25, -0.2) is 0 Å². The standard InChI is InChI=1S/C20H33N3O4.C5H5.F6P.Fe/c1-3-20(4-2-19(1)22-7-5-21-6-8-22)23-9-11-24-13-15-26-17-18-27-16-14-25-12-10-23;1-2-4-5-3-1;1-7(2,3,4,5)6;/h1-4,21H,5-18H2;1-5H;;/q;;-1;+2. The Kier molecular flexibility index (Phi) is 18.0. The smallest absolute Gasteiger partial charge is 0.378 e. The van der Waals surface area contributed by atoms with Crippen LogP contribution in [0.15, 0.2) is 0 Å². The zero-order valence-corrected chi connectivity index (χ0v) is 24.2. The summed E-state index contributed by atoms with van der Waals surface area (Å²) in [6.07, 6.45) is 18.9. The molecule has 1 N–H and O–H groups in total. The van der Waals surface area contributed by atoms with Gasteiger partial charge in [0.25, 0.3) is 0 Å². The number of hydrogen-bond acceptors (Lipinski definition) is 7. The number of halogens is 6. The number of rotatable bonds is 2. The minimum absolute atomic E-state index is 0. The Hall–Kier alpha value is 0.249. The van der Waals surface area contributed by atoms with E-state index in [2.05, 4.69) is 40.8 Å². The maximum Gasteiger partial charge on any atom is 2.00 e. The molecule has 0 spiro atoms. The van der Waals surface area contributed by atoms with Crippen LogP contribution in [0.25, 0.3) is 0 Å². The van der Waals surface area contributed by atoms with Crippen LogP contribution in [0.3, 0.4) is 0 Å². The predicted octanol–water partition coefficient (Wildman–Crippen LogP) is 4.57. The van der Waals surface area contributed by atoms with E-state index in [-0.39, 0.29) is 17.1 Å². The zero-order valence-electron chi connectivity index (χ0n) is 22.2. The third kappa shape index (κ3) is 22.8. The first-order chi connectivity index (χ1) is 18.4. The third-order valence-electron chi connectivity index (χ3n) is 5.38. The van der Waals surface area contributed by atoms with E-state index < -0.39 is 7.81 Å². The van der Waals surface area contributed by atoms with Crippen LogP contribution in [0.2, 0.25) is 0 Å². The van der Waals surface area contributed by atoms with E-state index in [1.54, 1.807) is 0 Å². The minimum atomic E-state index is -10.7. The molecule has 2 saturated heterocycles. The van der Waals surface area contributed by atoms with Crippen LogP contribution in [0.5, 0.6) is 0 Å². The molecule has 4 aliphatic rings. The molecule has 40 heavy (non-hydrogen) atoms. The number of piperazine rings is 1. The van der Waals surface area contributed by atoms with E-state index in [4.69, 9.17) is 18.9 Å². The monoisotopic (exact) mass is 645 g/mol. The van der Waals surface area contributed by atoms with Crippen molar-refractivity contribution in [1.82, 2.24) is 15.1 Å². The van der Waals surface area contributed by atoms with Crippen molar-refractivity contribution < 1.29 is 61.2 Å². The van der Waals surface area contributed by atoms with E-state index in [0.717, 1.165) is 39.3 Å². The second-order valence-corrected chi connectivity index (χ2v) is 10.5. The first kappa shape index (κ1) is 38.3. The molecule has 2 heterocycles. The minimum Gasteiger partial charge on any atom is -0.378 e. The molecular weight excluding hydrogens is 607 g/mol. The molecule has 231 valence electrons. The van der Waals surface area contributed by atoms with Crippen molar-refractivity contribution in [2.45, 2.75) is 0 Å². The van der Waals surface area contributed by atoms with E-state index >= 15 is 0 Å². The summed E-state index contributed by atoms with van der Waals surface area (Å²) < 4.78 is 81.6. The Balaban J connectivity index is 0.000000511. The topological polar surface area (TPSA) is 55.4 Å². The maximum atomic E-state index is 9.87. The number of hydrogen-bond donors (Lipinski definition) is 1. The number of ether oxygens (including phenoxy) is 4. The molecule has 2 saturated carbocycles. The summed E-state index contributed by atoms with van der Waals surface area (Å²) in [6, 6.07) is 2.50. The third-order valence-corrected chi connectivity index (χ3v) is 5.38. The molecule has 0 aromatic carbocycles. The Morgan fingerprint density at radius 3 is 1.10 bits per heavy atom. The van der Waals surface area contributed by atoms with Crippen molar-refractivity contribution in [2.24, 2.45) is 0 Å². The van der Waals surface area contributed by atoms with Gasteiger partial charge >= 0.3 is 50.1 Å². The Morgan fingerprint density at radius 1 is 0.500 bits per heavy atom. The molecule has 2 aliphatic carbocycles. The van der Waals surface area contributed by atoms with Crippen LogP contribution >= 0.6 is 7.81 Å². The predicted molar refractivity (Wildman–Crippen MR) is 138 cm³/mol. The number of nitrogens with one attached hydrogen (secondary N) is 1. The fraction of sp³-hybridized carbons (Fsp3) is 0.560. The van der Waals surface area contributed by atoms with Crippen LogP contribution in [0, 0.1) is 69.9 Å². The first-order valence-corrected chi connectivity index (χ1v) is 14.8. The van der Waals surface area contributed by atoms with Gasteiger partial charge in [0.2, 0.25) is 0 Å². The van der Waals surface area contributed by atoms with Crippen LogP contribution in [-0.2, 0) is 36.0 Å². The maximum absolute atomic E-state index is 10.7. The molecule has 15 heteroatoms. The van der Waals surface area contributed by atoms with E-state index in [1.165, 1.54) is 12.1 Å². The normalized spacial score (nSPS) is 26.2.